The van der Waals surface area contributed by atoms with E-state index in [1.54, 1.807) is 6.20 Å². The highest BCUT2D eigenvalue weighted by Gasteiger charge is 2.38. The van der Waals surface area contributed by atoms with Crippen molar-refractivity contribution in [3.05, 3.63) is 17.8 Å². The summed E-state index contributed by atoms with van der Waals surface area (Å²) in [7, 11) is 0. The summed E-state index contributed by atoms with van der Waals surface area (Å²) in [5.41, 5.74) is 1.30. The molecule has 1 atom stereocenters. The van der Waals surface area contributed by atoms with Crippen LogP contribution in [-0.4, -0.2) is 84.6 Å². The number of likely N-dealkylation sites (tertiary alicyclic amines) is 2. The van der Waals surface area contributed by atoms with Gasteiger partial charge >= 0.3 is 0 Å². The number of pyridine rings is 1. The molecule has 5 rings (SSSR count). The van der Waals surface area contributed by atoms with Gasteiger partial charge in [-0.3, -0.25) is 14.5 Å². The van der Waals surface area contributed by atoms with E-state index in [1.165, 1.54) is 19.3 Å². The van der Waals surface area contributed by atoms with E-state index in [-0.39, 0.29) is 18.4 Å². The average molecular weight is 428 g/mol. The summed E-state index contributed by atoms with van der Waals surface area (Å²) < 4.78 is 5.46. The largest absolute Gasteiger partial charge is 0.381 e. The van der Waals surface area contributed by atoms with Crippen molar-refractivity contribution >= 4 is 23.3 Å². The highest BCUT2D eigenvalue weighted by atomic mass is 16.5. The van der Waals surface area contributed by atoms with Crippen molar-refractivity contribution in [3.8, 4) is 0 Å². The van der Waals surface area contributed by atoms with Gasteiger partial charge in [0.25, 0.3) is 5.91 Å². The Morgan fingerprint density at radius 1 is 1.23 bits per heavy atom. The number of carbonyl (C=O) groups excluding carboxylic acids is 2. The molecule has 31 heavy (non-hydrogen) atoms. The molecule has 4 aliphatic rings. The van der Waals surface area contributed by atoms with Crippen LogP contribution in [0.15, 0.2) is 12.3 Å². The van der Waals surface area contributed by atoms with Gasteiger partial charge in [-0.1, -0.05) is 6.42 Å². The fourth-order valence-corrected chi connectivity index (χ4v) is 5.36. The van der Waals surface area contributed by atoms with Gasteiger partial charge in [0.1, 0.15) is 5.82 Å². The zero-order chi connectivity index (χ0) is 21.4. The highest BCUT2D eigenvalue weighted by Crippen LogP contribution is 2.32. The maximum Gasteiger partial charge on any atom is 0.255 e. The van der Waals surface area contributed by atoms with Crippen LogP contribution in [0.2, 0.25) is 0 Å². The molecular formula is C23H33N5O3. The van der Waals surface area contributed by atoms with E-state index < -0.39 is 0 Å². The second kappa shape index (κ2) is 8.74. The summed E-state index contributed by atoms with van der Waals surface area (Å²) >= 11 is 0. The zero-order valence-electron chi connectivity index (χ0n) is 18.4. The topological polar surface area (TPSA) is 78.0 Å². The molecule has 168 valence electrons. The van der Waals surface area contributed by atoms with E-state index in [0.717, 1.165) is 51.4 Å². The molecular weight excluding hydrogens is 394 g/mol. The molecule has 0 aromatic carbocycles. The third-order valence-electron chi connectivity index (χ3n) is 7.37. The predicted molar refractivity (Wildman–Crippen MR) is 118 cm³/mol. The Morgan fingerprint density at radius 3 is 2.81 bits per heavy atom. The minimum absolute atomic E-state index is 0.0141. The molecule has 1 aromatic rings. The molecule has 0 aliphatic carbocycles. The van der Waals surface area contributed by atoms with Gasteiger partial charge in [0.2, 0.25) is 5.91 Å². The molecule has 2 amide bonds. The van der Waals surface area contributed by atoms with Crippen molar-refractivity contribution in [2.24, 2.45) is 5.92 Å². The number of nitrogens with zero attached hydrogens (tertiary/aromatic N) is 4. The number of carbonyl (C=O) groups is 2. The number of aromatic nitrogens is 1. The van der Waals surface area contributed by atoms with Gasteiger partial charge in [0.05, 0.1) is 17.8 Å². The van der Waals surface area contributed by atoms with Crippen LogP contribution >= 0.6 is 0 Å². The third-order valence-corrected chi connectivity index (χ3v) is 7.37. The van der Waals surface area contributed by atoms with E-state index in [4.69, 9.17) is 4.74 Å². The lowest BCUT2D eigenvalue weighted by Gasteiger charge is -2.49. The number of hydrogen-bond donors (Lipinski definition) is 1. The highest BCUT2D eigenvalue weighted by molar-refractivity contribution is 6.04. The molecule has 5 heterocycles. The predicted octanol–water partition coefficient (Wildman–Crippen LogP) is 1.97. The Labute approximate surface area is 183 Å². The summed E-state index contributed by atoms with van der Waals surface area (Å²) in [5.74, 6) is 1.16. The summed E-state index contributed by atoms with van der Waals surface area (Å²) in [4.78, 5) is 36.6. The number of piperidine rings is 1. The van der Waals surface area contributed by atoms with E-state index >= 15 is 0 Å². The van der Waals surface area contributed by atoms with Gasteiger partial charge in [-0.05, 0) is 51.1 Å². The molecule has 8 heteroatoms. The Hall–Kier alpha value is -2.19. The van der Waals surface area contributed by atoms with Crippen LogP contribution in [0.1, 0.15) is 49.4 Å². The summed E-state index contributed by atoms with van der Waals surface area (Å²) in [6, 6.07) is 2.93. The first-order valence-corrected chi connectivity index (χ1v) is 11.8. The normalized spacial score (nSPS) is 25.7. The van der Waals surface area contributed by atoms with Crippen molar-refractivity contribution in [1.82, 2.24) is 14.8 Å². The first-order valence-electron chi connectivity index (χ1n) is 11.8. The van der Waals surface area contributed by atoms with Crippen molar-refractivity contribution in [1.29, 1.82) is 0 Å². The third kappa shape index (κ3) is 4.15. The minimum Gasteiger partial charge on any atom is -0.381 e. The monoisotopic (exact) mass is 427 g/mol. The van der Waals surface area contributed by atoms with Crippen molar-refractivity contribution < 1.29 is 14.3 Å². The van der Waals surface area contributed by atoms with Gasteiger partial charge in [-0.25, -0.2) is 4.98 Å². The lowest BCUT2D eigenvalue weighted by molar-refractivity contribution is -0.117. The number of nitrogens with one attached hydrogen (secondary N) is 1. The molecule has 0 radical (unpaired) electrons. The number of fused-ring (bicyclic) bond motifs is 1. The maximum atomic E-state index is 13.1. The summed E-state index contributed by atoms with van der Waals surface area (Å²) in [6.07, 6.45) is 7.39. The average Bonchev–Trinajstić information content (AvgIpc) is 2.76. The molecule has 0 saturated carbocycles. The lowest BCUT2D eigenvalue weighted by atomic mass is 9.97. The summed E-state index contributed by atoms with van der Waals surface area (Å²) in [6.45, 7) is 7.41. The first kappa shape index (κ1) is 20.7. The Kier molecular flexibility index (Phi) is 5.84. The van der Waals surface area contributed by atoms with Crippen molar-refractivity contribution in [3.63, 3.8) is 0 Å². The number of anilines is 2. The number of ether oxygens (including phenoxy) is 1. The van der Waals surface area contributed by atoms with Crippen LogP contribution in [0.3, 0.4) is 0 Å². The Balaban J connectivity index is 1.27. The maximum absolute atomic E-state index is 13.1. The van der Waals surface area contributed by atoms with Gasteiger partial charge in [-0.2, -0.15) is 0 Å². The van der Waals surface area contributed by atoms with Gasteiger partial charge in [0, 0.05) is 51.1 Å². The SMILES string of the molecule is CC1CCCCN1C1CN(C(=O)c2cnc3c(c2)N(CC2CCOCC2)C(=O)CN3)C1. The molecule has 8 nitrogen and oxygen atoms in total. The standard InChI is InChI=1S/C23H33N5O3/c1-16-4-2-3-7-27(16)19-14-26(15-19)23(30)18-10-20-22(24-11-18)25-12-21(29)28(20)13-17-5-8-31-9-6-17/h10-11,16-17,19H,2-9,12-15H2,1H3,(H,24,25). The van der Waals surface area contributed by atoms with E-state index in [9.17, 15) is 9.59 Å². The van der Waals surface area contributed by atoms with Gasteiger partial charge in [-0.15, -0.1) is 0 Å². The first-order chi connectivity index (χ1) is 15.1. The second-order valence-corrected chi connectivity index (χ2v) is 9.45. The van der Waals surface area contributed by atoms with Crippen LogP contribution in [0.25, 0.3) is 0 Å². The van der Waals surface area contributed by atoms with Crippen molar-refractivity contribution in [2.45, 2.75) is 51.1 Å². The lowest BCUT2D eigenvalue weighted by Crippen LogP contribution is -2.63. The molecule has 0 bridgehead atoms. The Bertz CT molecular complexity index is 835. The fourth-order valence-electron chi connectivity index (χ4n) is 5.36. The van der Waals surface area contributed by atoms with E-state index in [2.05, 4.69) is 22.1 Å². The quantitative estimate of drug-likeness (QED) is 0.792. The molecule has 0 spiro atoms. The summed E-state index contributed by atoms with van der Waals surface area (Å²) in [5, 5.41) is 3.10. The second-order valence-electron chi connectivity index (χ2n) is 9.45. The van der Waals surface area contributed by atoms with E-state index in [1.807, 2.05) is 15.9 Å². The van der Waals surface area contributed by atoms with Crippen LogP contribution in [0, 0.1) is 5.92 Å². The molecule has 3 fully saturated rings. The van der Waals surface area contributed by atoms with Crippen LogP contribution in [0.5, 0.6) is 0 Å². The van der Waals surface area contributed by atoms with Crippen LogP contribution < -0.4 is 10.2 Å². The number of hydrogen-bond acceptors (Lipinski definition) is 6. The van der Waals surface area contributed by atoms with Gasteiger partial charge in [0.15, 0.2) is 0 Å². The van der Waals surface area contributed by atoms with Crippen LogP contribution in [-0.2, 0) is 9.53 Å². The molecule has 1 unspecified atom stereocenters. The Morgan fingerprint density at radius 2 is 2.03 bits per heavy atom. The number of amides is 2. The fraction of sp³-hybridized carbons (Fsp3) is 0.696. The smallest absolute Gasteiger partial charge is 0.255 e. The zero-order valence-corrected chi connectivity index (χ0v) is 18.4. The van der Waals surface area contributed by atoms with Crippen molar-refractivity contribution in [2.75, 3.05) is 56.2 Å². The van der Waals surface area contributed by atoms with Crippen LogP contribution in [0.4, 0.5) is 11.5 Å². The molecule has 4 aliphatic heterocycles. The minimum atomic E-state index is 0.0141. The molecule has 3 saturated heterocycles. The number of rotatable bonds is 4. The molecule has 1 N–H and O–H groups in total. The van der Waals surface area contributed by atoms with Gasteiger partial charge < -0.3 is 19.9 Å². The molecule has 1 aromatic heterocycles. The van der Waals surface area contributed by atoms with E-state index in [0.29, 0.717) is 35.9 Å².